The van der Waals surface area contributed by atoms with Gasteiger partial charge < -0.3 is 4.98 Å². The van der Waals surface area contributed by atoms with Crippen molar-refractivity contribution in [3.8, 4) is 43.1 Å². The van der Waals surface area contributed by atoms with Crippen molar-refractivity contribution in [2.75, 3.05) is 0 Å². The Hall–Kier alpha value is -5.14. The van der Waals surface area contributed by atoms with Gasteiger partial charge in [-0.25, -0.2) is 9.97 Å². The van der Waals surface area contributed by atoms with E-state index in [1.165, 1.54) is 19.2 Å². The van der Waals surface area contributed by atoms with Crippen LogP contribution in [-0.2, 0) is 0 Å². The number of aromatic nitrogens is 3. The third-order valence-corrected chi connectivity index (χ3v) is 11.2. The van der Waals surface area contributed by atoms with Gasteiger partial charge in [-0.05, 0) is 82.6 Å². The molecule has 218 valence electrons. The highest BCUT2D eigenvalue weighted by Crippen LogP contribution is 2.42. The van der Waals surface area contributed by atoms with Gasteiger partial charge in [-0.3, -0.25) is 0 Å². The predicted octanol–water partition coefficient (Wildman–Crippen LogP) is 12.2. The molecule has 0 saturated carbocycles. The minimum atomic E-state index is 0.938. The van der Waals surface area contributed by atoms with Crippen LogP contribution in [0.2, 0.25) is 0 Å². The van der Waals surface area contributed by atoms with Gasteiger partial charge in [0.1, 0.15) is 0 Å². The molecule has 7 aromatic rings. The summed E-state index contributed by atoms with van der Waals surface area (Å²) in [6.07, 6.45) is 8.66. The predicted molar refractivity (Wildman–Crippen MR) is 200 cm³/mol. The number of fused-ring (bicyclic) bond motifs is 8. The SMILES string of the molecule is C1=Cc2nc1c(-c1ccccc1)c1ccc([nH]1)c(-c1ccccc1)c1nc(c(-c3cccs3)c3ccc(s3)c2-c2cccs2)C=C1. The summed E-state index contributed by atoms with van der Waals surface area (Å²) in [5.41, 5.74) is 12.5. The van der Waals surface area contributed by atoms with E-state index in [1.54, 1.807) is 22.7 Å². The molecule has 0 spiro atoms. The Morgan fingerprint density at radius 3 is 1.26 bits per heavy atom. The lowest BCUT2D eigenvalue weighted by Gasteiger charge is -2.05. The molecular weight excluding hydrogens is 619 g/mol. The van der Waals surface area contributed by atoms with Crippen LogP contribution in [0, 0.1) is 0 Å². The number of hydrogen-bond donors (Lipinski definition) is 1. The molecular formula is C40H25N3S3. The molecule has 2 aromatic carbocycles. The van der Waals surface area contributed by atoms with Crippen LogP contribution in [-0.4, -0.2) is 15.0 Å². The molecule has 6 heteroatoms. The Morgan fingerprint density at radius 1 is 0.413 bits per heavy atom. The monoisotopic (exact) mass is 643 g/mol. The molecule has 0 amide bonds. The van der Waals surface area contributed by atoms with Crippen LogP contribution in [0.5, 0.6) is 0 Å². The first-order valence-corrected chi connectivity index (χ1v) is 17.6. The van der Waals surface area contributed by atoms with Crippen LogP contribution < -0.4 is 0 Å². The molecule has 1 N–H and O–H groups in total. The second-order valence-electron chi connectivity index (χ2n) is 11.1. The summed E-state index contributed by atoms with van der Waals surface area (Å²) in [5.74, 6) is 0. The summed E-state index contributed by atoms with van der Waals surface area (Å²) in [4.78, 5) is 16.9. The molecule has 8 bridgehead atoms. The van der Waals surface area contributed by atoms with E-state index >= 15 is 0 Å². The molecule has 7 heterocycles. The van der Waals surface area contributed by atoms with Gasteiger partial charge in [0.25, 0.3) is 0 Å². The first kappa shape index (κ1) is 27.2. The van der Waals surface area contributed by atoms with Crippen LogP contribution in [0.4, 0.5) is 0 Å². The van der Waals surface area contributed by atoms with E-state index < -0.39 is 0 Å². The first-order chi connectivity index (χ1) is 22.8. The largest absolute Gasteiger partial charge is 0.354 e. The molecule has 0 unspecified atom stereocenters. The van der Waals surface area contributed by atoms with Gasteiger partial charge >= 0.3 is 0 Å². The fourth-order valence-corrected chi connectivity index (χ4v) is 9.11. The summed E-state index contributed by atoms with van der Waals surface area (Å²) in [6.45, 7) is 0. The molecule has 5 aromatic heterocycles. The Kier molecular flexibility index (Phi) is 6.70. The van der Waals surface area contributed by atoms with Crippen molar-refractivity contribution < 1.29 is 0 Å². The van der Waals surface area contributed by atoms with E-state index in [1.807, 2.05) is 11.3 Å². The fourth-order valence-electron chi connectivity index (χ4n) is 6.26. The summed E-state index contributed by atoms with van der Waals surface area (Å²) >= 11 is 5.31. The van der Waals surface area contributed by atoms with E-state index in [0.717, 1.165) is 67.2 Å². The van der Waals surface area contributed by atoms with E-state index in [9.17, 15) is 0 Å². The zero-order valence-corrected chi connectivity index (χ0v) is 26.9. The highest BCUT2D eigenvalue weighted by Gasteiger charge is 2.19. The summed E-state index contributed by atoms with van der Waals surface area (Å²) < 4.78 is 2.38. The molecule has 3 nitrogen and oxygen atoms in total. The molecule has 0 radical (unpaired) electrons. The number of hydrogen-bond acceptors (Lipinski definition) is 5. The maximum atomic E-state index is 5.36. The summed E-state index contributed by atoms with van der Waals surface area (Å²) in [7, 11) is 0. The van der Waals surface area contributed by atoms with Gasteiger partial charge in [-0.2, -0.15) is 0 Å². The fraction of sp³-hybridized carbons (Fsp3) is 0. The van der Waals surface area contributed by atoms with Crippen molar-refractivity contribution in [2.45, 2.75) is 0 Å². The number of benzene rings is 2. The van der Waals surface area contributed by atoms with Gasteiger partial charge in [0.2, 0.25) is 0 Å². The number of nitrogens with one attached hydrogen (secondary N) is 1. The third-order valence-electron chi connectivity index (χ3n) is 8.29. The molecule has 46 heavy (non-hydrogen) atoms. The van der Waals surface area contributed by atoms with Crippen LogP contribution in [0.15, 0.2) is 120 Å². The molecule has 2 aliphatic heterocycles. The van der Waals surface area contributed by atoms with Gasteiger partial charge in [-0.1, -0.05) is 72.8 Å². The first-order valence-electron chi connectivity index (χ1n) is 15.1. The van der Waals surface area contributed by atoms with Crippen LogP contribution in [0.1, 0.15) is 22.8 Å². The number of rotatable bonds is 4. The van der Waals surface area contributed by atoms with Crippen LogP contribution in [0.25, 0.3) is 87.9 Å². The standard InChI is InChI=1S/C40H25N3S3/c1-3-9-25(10-4-1)37-27-15-16-28(41-27)38(26-11-5-2-6-12-26)30-18-20-32(43-30)40(34-14-8-24-45-34)36-22-21-35(46-36)39(33-13-7-23-44-33)31-19-17-29(37)42-31/h1-24,41H. The van der Waals surface area contributed by atoms with Crippen LogP contribution >= 0.6 is 34.0 Å². The molecule has 9 rings (SSSR count). The van der Waals surface area contributed by atoms with Crippen molar-refractivity contribution in [3.63, 3.8) is 0 Å². The van der Waals surface area contributed by atoms with Crippen molar-refractivity contribution in [3.05, 3.63) is 143 Å². The third kappa shape index (κ3) is 4.70. The summed E-state index contributed by atoms with van der Waals surface area (Å²) in [5, 5.41) is 4.28. The lowest BCUT2D eigenvalue weighted by Crippen LogP contribution is -1.87. The molecule has 0 atom stereocenters. The second kappa shape index (κ2) is 11.3. The van der Waals surface area contributed by atoms with Gasteiger partial charge in [0.05, 0.1) is 22.8 Å². The lowest BCUT2D eigenvalue weighted by atomic mass is 10.0. The van der Waals surface area contributed by atoms with Gasteiger partial charge in [0.15, 0.2) is 0 Å². The minimum Gasteiger partial charge on any atom is -0.354 e. The smallest absolute Gasteiger partial charge is 0.0738 e. The number of thiophene rings is 3. The maximum Gasteiger partial charge on any atom is 0.0738 e. The Morgan fingerprint density at radius 2 is 0.848 bits per heavy atom. The quantitative estimate of drug-likeness (QED) is 0.207. The highest BCUT2D eigenvalue weighted by atomic mass is 32.1. The van der Waals surface area contributed by atoms with Crippen molar-refractivity contribution in [1.82, 2.24) is 15.0 Å². The Balaban J connectivity index is 1.49. The van der Waals surface area contributed by atoms with E-state index in [4.69, 9.17) is 9.97 Å². The average molecular weight is 644 g/mol. The average Bonchev–Trinajstić information content (AvgIpc) is 3.93. The molecule has 0 aliphatic carbocycles. The maximum absolute atomic E-state index is 5.36. The number of aromatic amines is 1. The van der Waals surface area contributed by atoms with Crippen molar-refractivity contribution in [1.29, 1.82) is 0 Å². The Bertz CT molecular complexity index is 2280. The van der Waals surface area contributed by atoms with Crippen molar-refractivity contribution in [2.24, 2.45) is 0 Å². The zero-order chi connectivity index (χ0) is 30.5. The highest BCUT2D eigenvalue weighted by molar-refractivity contribution is 7.25. The molecule has 0 fully saturated rings. The molecule has 0 saturated heterocycles. The number of nitrogens with zero attached hydrogens (tertiary/aromatic N) is 2. The van der Waals surface area contributed by atoms with Gasteiger partial charge in [0, 0.05) is 52.4 Å². The zero-order valence-electron chi connectivity index (χ0n) is 24.5. The number of H-pyrrole nitrogens is 1. The Labute approximate surface area is 278 Å². The normalized spacial score (nSPS) is 12.2. The van der Waals surface area contributed by atoms with Crippen LogP contribution in [0.3, 0.4) is 0 Å². The molecule has 2 aliphatic rings. The lowest BCUT2D eigenvalue weighted by molar-refractivity contribution is 1.32. The van der Waals surface area contributed by atoms with Gasteiger partial charge in [-0.15, -0.1) is 34.0 Å². The minimum absolute atomic E-state index is 0.938. The topological polar surface area (TPSA) is 41.6 Å². The van der Waals surface area contributed by atoms with E-state index in [-0.39, 0.29) is 0 Å². The van der Waals surface area contributed by atoms with Crippen molar-refractivity contribution >= 4 is 78.7 Å². The van der Waals surface area contributed by atoms with E-state index in [0.29, 0.717) is 0 Å². The second-order valence-corrected chi connectivity index (χ2v) is 14.0. The summed E-state index contributed by atoms with van der Waals surface area (Å²) in [6, 6.07) is 38.6. The van der Waals surface area contributed by atoms with E-state index in [2.05, 4.69) is 149 Å².